The van der Waals surface area contributed by atoms with Gasteiger partial charge in [-0.25, -0.2) is 0 Å². The van der Waals surface area contributed by atoms with Crippen LogP contribution in [-0.4, -0.2) is 54.5 Å². The van der Waals surface area contributed by atoms with E-state index < -0.39 is 0 Å². The second-order valence-corrected chi connectivity index (χ2v) is 6.68. The zero-order chi connectivity index (χ0) is 20.8. The molecule has 0 saturated carbocycles. The summed E-state index contributed by atoms with van der Waals surface area (Å²) in [6, 6.07) is 9.79. The van der Waals surface area contributed by atoms with Crippen LogP contribution in [0, 0.1) is 0 Å². The van der Waals surface area contributed by atoms with Crippen molar-refractivity contribution in [3.05, 3.63) is 41.5 Å². The predicted molar refractivity (Wildman–Crippen MR) is 108 cm³/mol. The maximum absolute atomic E-state index is 5.78. The first-order valence-electron chi connectivity index (χ1n) is 9.36. The van der Waals surface area contributed by atoms with Gasteiger partial charge < -0.3 is 33.2 Å². The minimum atomic E-state index is -0.173. The SMILES string of the molecule is COc1cc(CC(OC)C(Cc2ccc3c(c2)OCO3)OC)cc(OC)c1OC. The minimum absolute atomic E-state index is 0.153. The number of ether oxygens (including phenoxy) is 7. The molecule has 29 heavy (non-hydrogen) atoms. The Kier molecular flexibility index (Phi) is 7.06. The fraction of sp³-hybridized carbons (Fsp3) is 0.455. The van der Waals surface area contributed by atoms with Crippen molar-refractivity contribution in [3.63, 3.8) is 0 Å². The molecule has 1 heterocycles. The summed E-state index contributed by atoms with van der Waals surface area (Å²) in [6.45, 7) is 0.258. The van der Waals surface area contributed by atoms with E-state index in [0.717, 1.165) is 22.6 Å². The fourth-order valence-corrected chi connectivity index (χ4v) is 3.52. The highest BCUT2D eigenvalue weighted by Gasteiger charge is 2.25. The molecule has 1 aliphatic rings. The number of rotatable bonds is 10. The summed E-state index contributed by atoms with van der Waals surface area (Å²) in [5.41, 5.74) is 2.09. The van der Waals surface area contributed by atoms with Crippen molar-refractivity contribution >= 4 is 0 Å². The van der Waals surface area contributed by atoms with Gasteiger partial charge in [0, 0.05) is 27.1 Å². The van der Waals surface area contributed by atoms with Gasteiger partial charge >= 0.3 is 0 Å². The predicted octanol–water partition coefficient (Wildman–Crippen LogP) is 3.26. The van der Waals surface area contributed by atoms with E-state index in [2.05, 4.69) is 0 Å². The van der Waals surface area contributed by atoms with Gasteiger partial charge in [-0.05, 0) is 35.4 Å². The average Bonchev–Trinajstić information content (AvgIpc) is 3.23. The first-order valence-corrected chi connectivity index (χ1v) is 9.36. The summed E-state index contributed by atoms with van der Waals surface area (Å²) < 4.78 is 38.7. The molecular weight excluding hydrogens is 376 g/mol. The summed E-state index contributed by atoms with van der Waals surface area (Å²) in [4.78, 5) is 0. The zero-order valence-electron chi connectivity index (χ0n) is 17.5. The zero-order valence-corrected chi connectivity index (χ0v) is 17.5. The standard InChI is InChI=1S/C22H28O7/c1-23-17(8-14-6-7-16-19(9-14)29-13-28-16)18(24-2)10-15-11-20(25-3)22(27-5)21(12-15)26-4/h6-7,9,11-12,17-18H,8,10,13H2,1-5H3. The smallest absolute Gasteiger partial charge is 0.231 e. The molecule has 0 radical (unpaired) electrons. The largest absolute Gasteiger partial charge is 0.493 e. The molecule has 2 atom stereocenters. The van der Waals surface area contributed by atoms with Crippen molar-refractivity contribution in [1.29, 1.82) is 0 Å². The number of methoxy groups -OCH3 is 5. The molecule has 7 heteroatoms. The van der Waals surface area contributed by atoms with E-state index in [9.17, 15) is 0 Å². The van der Waals surface area contributed by atoms with Gasteiger partial charge in [0.25, 0.3) is 0 Å². The molecule has 2 aromatic carbocycles. The molecule has 0 aromatic heterocycles. The maximum Gasteiger partial charge on any atom is 0.231 e. The normalized spacial score (nSPS) is 14.4. The summed E-state index contributed by atoms with van der Waals surface area (Å²) in [5, 5.41) is 0. The maximum atomic E-state index is 5.78. The van der Waals surface area contributed by atoms with Gasteiger partial charge in [-0.3, -0.25) is 0 Å². The number of benzene rings is 2. The number of fused-ring (bicyclic) bond motifs is 1. The highest BCUT2D eigenvalue weighted by Crippen LogP contribution is 2.39. The Morgan fingerprint density at radius 1 is 0.724 bits per heavy atom. The second kappa shape index (κ2) is 9.71. The van der Waals surface area contributed by atoms with Crippen LogP contribution in [0.15, 0.2) is 30.3 Å². The Morgan fingerprint density at radius 2 is 1.31 bits per heavy atom. The van der Waals surface area contributed by atoms with Gasteiger partial charge in [0.05, 0.1) is 33.5 Å². The molecule has 0 N–H and O–H groups in total. The average molecular weight is 404 g/mol. The van der Waals surface area contributed by atoms with Crippen LogP contribution in [0.4, 0.5) is 0 Å². The molecule has 0 fully saturated rings. The van der Waals surface area contributed by atoms with Crippen LogP contribution in [0.1, 0.15) is 11.1 Å². The van der Waals surface area contributed by atoms with Crippen LogP contribution in [0.3, 0.4) is 0 Å². The molecule has 0 amide bonds. The lowest BCUT2D eigenvalue weighted by Crippen LogP contribution is -2.33. The monoisotopic (exact) mass is 404 g/mol. The van der Waals surface area contributed by atoms with E-state index in [4.69, 9.17) is 33.2 Å². The van der Waals surface area contributed by atoms with Crippen molar-refractivity contribution in [2.45, 2.75) is 25.0 Å². The minimum Gasteiger partial charge on any atom is -0.493 e. The Bertz CT molecular complexity index is 796. The quantitative estimate of drug-likeness (QED) is 0.602. The molecule has 3 rings (SSSR count). The third-order valence-electron chi connectivity index (χ3n) is 5.06. The van der Waals surface area contributed by atoms with E-state index in [1.54, 1.807) is 35.5 Å². The van der Waals surface area contributed by atoms with E-state index >= 15 is 0 Å². The second-order valence-electron chi connectivity index (χ2n) is 6.68. The first kappa shape index (κ1) is 21.1. The van der Waals surface area contributed by atoms with Gasteiger partial charge in [0.15, 0.2) is 23.0 Å². The van der Waals surface area contributed by atoms with Gasteiger partial charge in [-0.2, -0.15) is 0 Å². The summed E-state index contributed by atoms with van der Waals surface area (Å²) in [6.07, 6.45) is 0.972. The van der Waals surface area contributed by atoms with Crippen molar-refractivity contribution < 1.29 is 33.2 Å². The Labute approximate surface area is 171 Å². The Balaban J connectivity index is 1.78. The van der Waals surface area contributed by atoms with Gasteiger partial charge in [-0.15, -0.1) is 0 Å². The van der Waals surface area contributed by atoms with E-state index in [-0.39, 0.29) is 19.0 Å². The molecular formula is C22H28O7. The number of hydrogen-bond donors (Lipinski definition) is 0. The lowest BCUT2D eigenvalue weighted by atomic mass is 9.97. The lowest BCUT2D eigenvalue weighted by Gasteiger charge is -2.26. The highest BCUT2D eigenvalue weighted by molar-refractivity contribution is 5.54. The molecule has 1 aliphatic heterocycles. The molecule has 0 saturated heterocycles. The van der Waals surface area contributed by atoms with Gasteiger partial charge in [-0.1, -0.05) is 6.07 Å². The van der Waals surface area contributed by atoms with Gasteiger partial charge in [0.2, 0.25) is 12.5 Å². The molecule has 158 valence electrons. The van der Waals surface area contributed by atoms with E-state index in [0.29, 0.717) is 30.1 Å². The molecule has 2 unspecified atom stereocenters. The Morgan fingerprint density at radius 3 is 1.86 bits per heavy atom. The van der Waals surface area contributed by atoms with Crippen molar-refractivity contribution in [2.24, 2.45) is 0 Å². The third kappa shape index (κ3) is 4.68. The van der Waals surface area contributed by atoms with Crippen LogP contribution in [0.25, 0.3) is 0 Å². The molecule has 2 aromatic rings. The van der Waals surface area contributed by atoms with Crippen LogP contribution < -0.4 is 23.7 Å². The van der Waals surface area contributed by atoms with Crippen LogP contribution in [0.2, 0.25) is 0 Å². The van der Waals surface area contributed by atoms with Crippen LogP contribution in [0.5, 0.6) is 28.7 Å². The highest BCUT2D eigenvalue weighted by atomic mass is 16.7. The van der Waals surface area contributed by atoms with Gasteiger partial charge in [0.1, 0.15) is 0 Å². The van der Waals surface area contributed by atoms with Crippen molar-refractivity contribution in [1.82, 2.24) is 0 Å². The molecule has 0 spiro atoms. The number of hydrogen-bond acceptors (Lipinski definition) is 7. The van der Waals surface area contributed by atoms with Crippen molar-refractivity contribution in [2.75, 3.05) is 42.3 Å². The molecule has 0 bridgehead atoms. The fourth-order valence-electron chi connectivity index (χ4n) is 3.52. The molecule has 0 aliphatic carbocycles. The van der Waals surface area contributed by atoms with E-state index in [1.165, 1.54) is 0 Å². The lowest BCUT2D eigenvalue weighted by molar-refractivity contribution is -0.0346. The topological polar surface area (TPSA) is 64.6 Å². The van der Waals surface area contributed by atoms with Crippen molar-refractivity contribution in [3.8, 4) is 28.7 Å². The summed E-state index contributed by atoms with van der Waals surface area (Å²) in [5.74, 6) is 3.32. The van der Waals surface area contributed by atoms with Crippen LogP contribution >= 0.6 is 0 Å². The van der Waals surface area contributed by atoms with E-state index in [1.807, 2.05) is 30.3 Å². The molecule has 7 nitrogen and oxygen atoms in total. The van der Waals surface area contributed by atoms with Crippen LogP contribution in [-0.2, 0) is 22.3 Å². The summed E-state index contributed by atoms with van der Waals surface area (Å²) >= 11 is 0. The Hall–Kier alpha value is -2.64. The first-order chi connectivity index (χ1) is 14.1. The third-order valence-corrected chi connectivity index (χ3v) is 5.06. The summed E-state index contributed by atoms with van der Waals surface area (Å²) in [7, 11) is 8.18.